The molecule has 1 radical (unpaired) electrons. The third-order valence-corrected chi connectivity index (χ3v) is 3.08. The van der Waals surface area contributed by atoms with Gasteiger partial charge >= 0.3 is 5.97 Å². The van der Waals surface area contributed by atoms with Crippen molar-refractivity contribution in [2.24, 2.45) is 5.92 Å². The number of halogens is 1. The van der Waals surface area contributed by atoms with Gasteiger partial charge in [0.05, 0.1) is 5.92 Å². The van der Waals surface area contributed by atoms with E-state index in [9.17, 15) is 9.18 Å². The van der Waals surface area contributed by atoms with Crippen LogP contribution in [0.5, 0.6) is 0 Å². The fraction of sp³-hybridized carbons (Fsp3) is 0.417. The third kappa shape index (κ3) is 2.07. The summed E-state index contributed by atoms with van der Waals surface area (Å²) in [6.45, 7) is 3.03. The van der Waals surface area contributed by atoms with Crippen LogP contribution in [0, 0.1) is 17.8 Å². The van der Waals surface area contributed by atoms with Gasteiger partial charge in [-0.1, -0.05) is 12.1 Å². The smallest absolute Gasteiger partial charge is 0.309 e. The molecule has 0 saturated carbocycles. The van der Waals surface area contributed by atoms with E-state index in [1.807, 2.05) is 17.9 Å². The van der Waals surface area contributed by atoms with Gasteiger partial charge in [0.1, 0.15) is 5.82 Å². The van der Waals surface area contributed by atoms with Crippen LogP contribution in [0.1, 0.15) is 18.5 Å². The van der Waals surface area contributed by atoms with Gasteiger partial charge in [-0.05, 0) is 18.6 Å². The van der Waals surface area contributed by atoms with Crippen molar-refractivity contribution in [2.75, 3.05) is 13.1 Å². The lowest BCUT2D eigenvalue weighted by atomic mass is 9.95. The van der Waals surface area contributed by atoms with E-state index in [0.29, 0.717) is 13.1 Å². The average Bonchev–Trinajstić information content (AvgIpc) is 2.14. The Bertz CT molecular complexity index is 402. The molecular weight excluding hydrogens is 209 g/mol. The molecule has 0 bridgehead atoms. The first-order valence-corrected chi connectivity index (χ1v) is 5.22. The number of likely N-dealkylation sites (tertiary alicyclic amines) is 1. The first kappa shape index (κ1) is 11.1. The predicted molar refractivity (Wildman–Crippen MR) is 56.3 cm³/mol. The summed E-state index contributed by atoms with van der Waals surface area (Å²) in [7, 11) is 0. The molecule has 1 fully saturated rings. The molecule has 1 aliphatic heterocycles. The number of hydrogen-bond acceptors (Lipinski definition) is 2. The molecule has 2 rings (SSSR count). The molecule has 0 spiro atoms. The fourth-order valence-electron chi connectivity index (χ4n) is 1.91. The quantitative estimate of drug-likeness (QED) is 0.846. The minimum atomic E-state index is -0.754. The highest BCUT2D eigenvalue weighted by atomic mass is 19.1. The van der Waals surface area contributed by atoms with Crippen LogP contribution in [-0.2, 0) is 4.79 Å². The van der Waals surface area contributed by atoms with Gasteiger partial charge in [0.15, 0.2) is 0 Å². The molecule has 4 heteroatoms. The topological polar surface area (TPSA) is 40.5 Å². The molecule has 1 saturated heterocycles. The van der Waals surface area contributed by atoms with Crippen molar-refractivity contribution in [1.82, 2.24) is 4.90 Å². The van der Waals surface area contributed by atoms with E-state index < -0.39 is 5.97 Å². The lowest BCUT2D eigenvalue weighted by Crippen LogP contribution is -2.51. The Hall–Kier alpha value is -1.42. The van der Waals surface area contributed by atoms with E-state index >= 15 is 0 Å². The Morgan fingerprint density at radius 3 is 2.94 bits per heavy atom. The number of hydrogen-bond donors (Lipinski definition) is 1. The zero-order chi connectivity index (χ0) is 11.7. The molecule has 0 aliphatic carbocycles. The Morgan fingerprint density at radius 1 is 1.69 bits per heavy atom. The van der Waals surface area contributed by atoms with Gasteiger partial charge in [-0.2, -0.15) is 0 Å². The normalized spacial score (nSPS) is 19.1. The summed E-state index contributed by atoms with van der Waals surface area (Å²) in [6.07, 6.45) is 0. The number of carbonyl (C=O) groups is 1. The number of carboxylic acid groups (broad SMARTS) is 1. The van der Waals surface area contributed by atoms with E-state index in [1.54, 1.807) is 6.07 Å². The molecule has 85 valence electrons. The number of carboxylic acids is 1. The maximum atomic E-state index is 12.9. The summed E-state index contributed by atoms with van der Waals surface area (Å²) in [5.41, 5.74) is 0.861. The lowest BCUT2D eigenvalue weighted by Gasteiger charge is -2.41. The Morgan fingerprint density at radius 2 is 2.38 bits per heavy atom. The van der Waals surface area contributed by atoms with Crippen molar-refractivity contribution in [2.45, 2.75) is 13.0 Å². The molecular formula is C12H13FNO2. The SMILES string of the molecule is C[C@H](c1cc[c]c(F)c1)N1CC(C(=O)O)C1. The Balaban J connectivity index is 2.00. The second kappa shape index (κ2) is 4.22. The predicted octanol–water partition coefficient (Wildman–Crippen LogP) is 1.70. The van der Waals surface area contributed by atoms with Crippen LogP contribution in [0.3, 0.4) is 0 Å². The minimum Gasteiger partial charge on any atom is -0.481 e. The molecule has 0 aromatic heterocycles. The number of aliphatic carboxylic acids is 1. The maximum Gasteiger partial charge on any atom is 0.309 e. The van der Waals surface area contributed by atoms with Crippen LogP contribution < -0.4 is 0 Å². The van der Waals surface area contributed by atoms with E-state index in [0.717, 1.165) is 5.56 Å². The third-order valence-electron chi connectivity index (χ3n) is 3.08. The van der Waals surface area contributed by atoms with Crippen LogP contribution in [0.25, 0.3) is 0 Å². The van der Waals surface area contributed by atoms with Gasteiger partial charge in [0.2, 0.25) is 0 Å². The van der Waals surface area contributed by atoms with E-state index in [-0.39, 0.29) is 17.8 Å². The van der Waals surface area contributed by atoms with Crippen molar-refractivity contribution in [3.8, 4) is 0 Å². The first-order valence-electron chi connectivity index (χ1n) is 5.22. The van der Waals surface area contributed by atoms with Crippen LogP contribution in [0.15, 0.2) is 18.2 Å². The zero-order valence-electron chi connectivity index (χ0n) is 8.98. The van der Waals surface area contributed by atoms with E-state index in [2.05, 4.69) is 6.07 Å². The van der Waals surface area contributed by atoms with Crippen molar-refractivity contribution < 1.29 is 14.3 Å². The van der Waals surface area contributed by atoms with Crippen LogP contribution in [0.4, 0.5) is 4.39 Å². The fourth-order valence-corrected chi connectivity index (χ4v) is 1.91. The zero-order valence-corrected chi connectivity index (χ0v) is 8.98. The molecule has 1 aromatic rings. The number of benzene rings is 1. The average molecular weight is 222 g/mol. The van der Waals surface area contributed by atoms with Gasteiger partial charge in [-0.3, -0.25) is 9.69 Å². The minimum absolute atomic E-state index is 0.0553. The second-order valence-electron chi connectivity index (χ2n) is 4.13. The van der Waals surface area contributed by atoms with Crippen LogP contribution in [0.2, 0.25) is 0 Å². The first-order chi connectivity index (χ1) is 7.58. The highest BCUT2D eigenvalue weighted by Gasteiger charge is 2.35. The van der Waals surface area contributed by atoms with E-state index in [4.69, 9.17) is 5.11 Å². The van der Waals surface area contributed by atoms with Crippen molar-refractivity contribution >= 4 is 5.97 Å². The summed E-state index contributed by atoms with van der Waals surface area (Å²) in [5.74, 6) is -1.40. The summed E-state index contributed by atoms with van der Waals surface area (Å²) >= 11 is 0. The molecule has 0 unspecified atom stereocenters. The van der Waals surface area contributed by atoms with Gasteiger partial charge in [0, 0.05) is 25.2 Å². The van der Waals surface area contributed by atoms with Crippen molar-refractivity contribution in [3.63, 3.8) is 0 Å². The van der Waals surface area contributed by atoms with Crippen LogP contribution >= 0.6 is 0 Å². The van der Waals surface area contributed by atoms with Crippen LogP contribution in [-0.4, -0.2) is 29.1 Å². The van der Waals surface area contributed by atoms with Gasteiger partial charge in [0.25, 0.3) is 0 Å². The highest BCUT2D eigenvalue weighted by Crippen LogP contribution is 2.28. The molecule has 1 atom stereocenters. The number of nitrogens with zero attached hydrogens (tertiary/aromatic N) is 1. The molecule has 1 heterocycles. The Kier molecular flexibility index (Phi) is 2.92. The molecule has 3 nitrogen and oxygen atoms in total. The largest absolute Gasteiger partial charge is 0.481 e. The monoisotopic (exact) mass is 222 g/mol. The summed E-state index contributed by atoms with van der Waals surface area (Å²) in [6, 6.07) is 7.31. The van der Waals surface area contributed by atoms with Gasteiger partial charge in [-0.15, -0.1) is 0 Å². The van der Waals surface area contributed by atoms with Crippen molar-refractivity contribution in [3.05, 3.63) is 35.6 Å². The number of rotatable bonds is 3. The van der Waals surface area contributed by atoms with E-state index in [1.165, 1.54) is 6.07 Å². The van der Waals surface area contributed by atoms with Gasteiger partial charge in [-0.25, -0.2) is 4.39 Å². The van der Waals surface area contributed by atoms with Crippen molar-refractivity contribution in [1.29, 1.82) is 0 Å². The molecule has 16 heavy (non-hydrogen) atoms. The molecule has 1 N–H and O–H groups in total. The summed E-state index contributed by atoms with van der Waals surface area (Å²) in [5, 5.41) is 8.76. The summed E-state index contributed by atoms with van der Waals surface area (Å²) < 4.78 is 12.9. The highest BCUT2D eigenvalue weighted by molar-refractivity contribution is 5.71. The second-order valence-corrected chi connectivity index (χ2v) is 4.13. The molecule has 1 aromatic carbocycles. The summed E-state index contributed by atoms with van der Waals surface area (Å²) in [4.78, 5) is 12.7. The van der Waals surface area contributed by atoms with Gasteiger partial charge < -0.3 is 5.11 Å². The molecule has 1 aliphatic rings. The Labute approximate surface area is 93.5 Å². The lowest BCUT2D eigenvalue weighted by molar-refractivity contribution is -0.148. The standard InChI is InChI=1S/C12H13FNO2/c1-8(9-3-2-4-11(13)5-9)14-6-10(7-14)12(15)16/h2-3,5,8,10H,6-7H2,1H3,(H,15,16)/t8-/m1/s1. The maximum absolute atomic E-state index is 12.9. The molecule has 0 amide bonds.